The van der Waals surface area contributed by atoms with Gasteiger partial charge in [-0.2, -0.15) is 0 Å². The number of carbonyl (C=O) groups excluding carboxylic acids is 1. The highest BCUT2D eigenvalue weighted by atomic mass is 35.5. The molecule has 1 aliphatic carbocycles. The van der Waals surface area contributed by atoms with Crippen molar-refractivity contribution in [3.63, 3.8) is 0 Å². The Hall–Kier alpha value is -1.06. The number of carbonyl (C=O) groups is 1. The number of hydrogen-bond donors (Lipinski definition) is 1. The van der Waals surface area contributed by atoms with Gasteiger partial charge in [0.25, 0.3) is 0 Å². The fourth-order valence-electron chi connectivity index (χ4n) is 2.82. The first-order valence-electron chi connectivity index (χ1n) is 6.49. The summed E-state index contributed by atoms with van der Waals surface area (Å²) in [6.45, 7) is 0. The van der Waals surface area contributed by atoms with Crippen LogP contribution in [0.3, 0.4) is 0 Å². The summed E-state index contributed by atoms with van der Waals surface area (Å²) in [6.07, 6.45) is 3.55. The highest BCUT2D eigenvalue weighted by molar-refractivity contribution is 6.30. The van der Waals surface area contributed by atoms with E-state index in [9.17, 15) is 4.79 Å². The minimum atomic E-state index is -0.00236. The molecule has 1 saturated heterocycles. The topological polar surface area (TPSA) is 46.3 Å². The van der Waals surface area contributed by atoms with Crippen LogP contribution in [0.1, 0.15) is 37.3 Å². The summed E-state index contributed by atoms with van der Waals surface area (Å²) in [4.78, 5) is 14.1. The Balaban J connectivity index is 1.96. The number of nitrogens with two attached hydrogens (primary N) is 1. The van der Waals surface area contributed by atoms with Crippen LogP contribution in [0.15, 0.2) is 24.3 Å². The molecule has 1 amide bonds. The zero-order chi connectivity index (χ0) is 12.7. The fourth-order valence-corrected chi connectivity index (χ4v) is 3.02. The minimum Gasteiger partial charge on any atom is -0.331 e. The molecule has 0 spiro atoms. The van der Waals surface area contributed by atoms with E-state index in [-0.39, 0.29) is 18.0 Å². The first-order chi connectivity index (χ1) is 8.66. The molecule has 2 unspecified atom stereocenters. The van der Waals surface area contributed by atoms with Crippen molar-refractivity contribution in [1.29, 1.82) is 0 Å². The molecule has 2 fully saturated rings. The predicted molar refractivity (Wildman–Crippen MR) is 71.3 cm³/mol. The van der Waals surface area contributed by atoms with Crippen molar-refractivity contribution in [2.45, 2.75) is 43.8 Å². The lowest BCUT2D eigenvalue weighted by atomic mass is 9.90. The van der Waals surface area contributed by atoms with E-state index in [2.05, 4.69) is 0 Å². The Morgan fingerprint density at radius 1 is 1.28 bits per heavy atom. The number of likely N-dealkylation sites (tertiary alicyclic amines) is 1. The molecule has 1 aromatic rings. The van der Waals surface area contributed by atoms with Gasteiger partial charge in [-0.25, -0.2) is 0 Å². The Morgan fingerprint density at radius 3 is 2.72 bits per heavy atom. The molecule has 1 heterocycles. The number of piperidine rings is 1. The Bertz CT molecular complexity index is 473. The quantitative estimate of drug-likeness (QED) is 0.892. The van der Waals surface area contributed by atoms with Crippen molar-refractivity contribution in [2.24, 2.45) is 5.73 Å². The highest BCUT2D eigenvalue weighted by Gasteiger charge is 2.42. The summed E-state index contributed by atoms with van der Waals surface area (Å²) in [5.41, 5.74) is 7.31. The molecule has 96 valence electrons. The number of halogens is 1. The maximum atomic E-state index is 12.1. The van der Waals surface area contributed by atoms with Gasteiger partial charge in [-0.05, 0) is 37.0 Å². The van der Waals surface area contributed by atoms with Crippen LogP contribution in [0.2, 0.25) is 5.02 Å². The molecule has 2 N–H and O–H groups in total. The molecule has 4 heteroatoms. The first kappa shape index (κ1) is 12.0. The van der Waals surface area contributed by atoms with Gasteiger partial charge in [0.2, 0.25) is 5.91 Å². The summed E-state index contributed by atoms with van der Waals surface area (Å²) in [7, 11) is 0. The van der Waals surface area contributed by atoms with Gasteiger partial charge in [0.1, 0.15) is 0 Å². The van der Waals surface area contributed by atoms with Crippen LogP contribution in [-0.4, -0.2) is 22.9 Å². The van der Waals surface area contributed by atoms with Gasteiger partial charge >= 0.3 is 0 Å². The molecule has 0 radical (unpaired) electrons. The molecule has 0 bridgehead atoms. The smallest absolute Gasteiger partial charge is 0.223 e. The van der Waals surface area contributed by atoms with Crippen molar-refractivity contribution in [3.8, 4) is 0 Å². The zero-order valence-electron chi connectivity index (χ0n) is 10.2. The number of benzene rings is 1. The highest BCUT2D eigenvalue weighted by Crippen LogP contribution is 2.40. The molecule has 3 rings (SSSR count). The molecule has 1 aromatic carbocycles. The average Bonchev–Trinajstić information content (AvgIpc) is 3.16. The van der Waals surface area contributed by atoms with Crippen LogP contribution in [0.5, 0.6) is 0 Å². The molecule has 2 aliphatic rings. The van der Waals surface area contributed by atoms with Crippen LogP contribution in [-0.2, 0) is 4.79 Å². The molecular weight excluding hydrogens is 248 g/mol. The van der Waals surface area contributed by atoms with E-state index in [0.29, 0.717) is 17.5 Å². The molecule has 1 saturated carbocycles. The largest absolute Gasteiger partial charge is 0.331 e. The summed E-state index contributed by atoms with van der Waals surface area (Å²) >= 11 is 6.05. The standard InChI is InChI=1S/C14H17ClN2O/c15-10-3-1-2-9(8-10)14-12(16)6-7-13(18)17(14)11-4-5-11/h1-3,8,11-12,14H,4-7,16H2. The van der Waals surface area contributed by atoms with Gasteiger partial charge in [0.15, 0.2) is 0 Å². The Labute approximate surface area is 112 Å². The molecular formula is C14H17ClN2O. The lowest BCUT2D eigenvalue weighted by molar-refractivity contribution is -0.138. The Kier molecular flexibility index (Phi) is 3.04. The van der Waals surface area contributed by atoms with E-state index in [1.807, 2.05) is 29.2 Å². The molecule has 1 aliphatic heterocycles. The second-order valence-electron chi connectivity index (χ2n) is 5.23. The summed E-state index contributed by atoms with van der Waals surface area (Å²) in [5.74, 6) is 0.240. The van der Waals surface area contributed by atoms with Crippen molar-refractivity contribution in [3.05, 3.63) is 34.9 Å². The lowest BCUT2D eigenvalue weighted by Crippen LogP contribution is -2.49. The summed E-state index contributed by atoms with van der Waals surface area (Å²) < 4.78 is 0. The van der Waals surface area contributed by atoms with Gasteiger partial charge in [-0.3, -0.25) is 4.79 Å². The second-order valence-corrected chi connectivity index (χ2v) is 5.67. The van der Waals surface area contributed by atoms with Gasteiger partial charge in [0.05, 0.1) is 6.04 Å². The number of amides is 1. The van der Waals surface area contributed by atoms with Gasteiger partial charge in [-0.1, -0.05) is 23.7 Å². The first-order valence-corrected chi connectivity index (χ1v) is 6.87. The van der Waals surface area contributed by atoms with Gasteiger partial charge < -0.3 is 10.6 Å². The number of nitrogens with zero attached hydrogens (tertiary/aromatic N) is 1. The van der Waals surface area contributed by atoms with Gasteiger partial charge in [-0.15, -0.1) is 0 Å². The molecule has 18 heavy (non-hydrogen) atoms. The maximum absolute atomic E-state index is 12.1. The summed E-state index contributed by atoms with van der Waals surface area (Å²) in [6, 6.07) is 8.13. The van der Waals surface area contributed by atoms with Crippen molar-refractivity contribution >= 4 is 17.5 Å². The van der Waals surface area contributed by atoms with E-state index in [1.54, 1.807) is 0 Å². The average molecular weight is 265 g/mol. The summed E-state index contributed by atoms with van der Waals surface area (Å²) in [5, 5.41) is 0.702. The van der Waals surface area contributed by atoms with Crippen LogP contribution in [0, 0.1) is 0 Å². The van der Waals surface area contributed by atoms with Crippen molar-refractivity contribution in [2.75, 3.05) is 0 Å². The van der Waals surface area contributed by atoms with E-state index >= 15 is 0 Å². The van der Waals surface area contributed by atoms with Crippen LogP contribution in [0.4, 0.5) is 0 Å². The van der Waals surface area contributed by atoms with E-state index in [0.717, 1.165) is 24.8 Å². The third kappa shape index (κ3) is 2.13. The van der Waals surface area contributed by atoms with Crippen molar-refractivity contribution in [1.82, 2.24) is 4.90 Å². The zero-order valence-corrected chi connectivity index (χ0v) is 10.9. The van der Waals surface area contributed by atoms with E-state index in [1.165, 1.54) is 0 Å². The molecule has 3 nitrogen and oxygen atoms in total. The second kappa shape index (κ2) is 4.56. The number of hydrogen-bond acceptors (Lipinski definition) is 2. The third-order valence-electron chi connectivity index (χ3n) is 3.82. The van der Waals surface area contributed by atoms with E-state index < -0.39 is 0 Å². The SMILES string of the molecule is NC1CCC(=O)N(C2CC2)C1c1cccc(Cl)c1. The van der Waals surface area contributed by atoms with Crippen molar-refractivity contribution < 1.29 is 4.79 Å². The predicted octanol–water partition coefficient (Wildman–Crippen LogP) is 2.49. The molecule has 2 atom stereocenters. The Morgan fingerprint density at radius 2 is 2.06 bits per heavy atom. The van der Waals surface area contributed by atoms with Crippen LogP contribution >= 0.6 is 11.6 Å². The molecule has 0 aromatic heterocycles. The maximum Gasteiger partial charge on any atom is 0.223 e. The minimum absolute atomic E-state index is 0.00236. The third-order valence-corrected chi connectivity index (χ3v) is 4.05. The van der Waals surface area contributed by atoms with Crippen LogP contribution < -0.4 is 5.73 Å². The van der Waals surface area contributed by atoms with Gasteiger partial charge in [0, 0.05) is 23.5 Å². The monoisotopic (exact) mass is 264 g/mol. The number of rotatable bonds is 2. The lowest BCUT2D eigenvalue weighted by Gasteiger charge is -2.40. The van der Waals surface area contributed by atoms with E-state index in [4.69, 9.17) is 17.3 Å². The fraction of sp³-hybridized carbons (Fsp3) is 0.500. The normalized spacial score (nSPS) is 28.6. The van der Waals surface area contributed by atoms with Crippen LogP contribution in [0.25, 0.3) is 0 Å².